The third-order valence-corrected chi connectivity index (χ3v) is 8.84. The number of nitrogens with zero attached hydrogens (tertiary/aromatic N) is 2. The minimum atomic E-state index is -3.91. The van der Waals surface area contributed by atoms with Crippen molar-refractivity contribution in [1.29, 1.82) is 0 Å². The van der Waals surface area contributed by atoms with Gasteiger partial charge in [-0.25, -0.2) is 8.42 Å². The summed E-state index contributed by atoms with van der Waals surface area (Å²) >= 11 is 19.1. The second-order valence-electron chi connectivity index (χ2n) is 9.95. The number of rotatable bonds is 12. The first-order chi connectivity index (χ1) is 19.3. The van der Waals surface area contributed by atoms with Crippen LogP contribution in [-0.4, -0.2) is 50.0 Å². The largest absolute Gasteiger partial charge is 0.352 e. The van der Waals surface area contributed by atoms with Gasteiger partial charge >= 0.3 is 0 Å². The molecule has 7 nitrogen and oxygen atoms in total. The van der Waals surface area contributed by atoms with Crippen LogP contribution in [0.1, 0.15) is 37.0 Å². The van der Waals surface area contributed by atoms with Crippen molar-refractivity contribution in [2.75, 3.05) is 17.1 Å². The van der Waals surface area contributed by atoms with Crippen molar-refractivity contribution in [3.63, 3.8) is 0 Å². The van der Waals surface area contributed by atoms with Gasteiger partial charge in [0.15, 0.2) is 0 Å². The molecule has 220 valence electrons. The van der Waals surface area contributed by atoms with Crippen molar-refractivity contribution in [2.45, 2.75) is 52.2 Å². The summed E-state index contributed by atoms with van der Waals surface area (Å²) in [7, 11) is -3.91. The smallest absolute Gasteiger partial charge is 0.244 e. The van der Waals surface area contributed by atoms with Crippen molar-refractivity contribution >= 4 is 62.3 Å². The molecule has 3 aromatic rings. The van der Waals surface area contributed by atoms with Gasteiger partial charge in [0.05, 0.1) is 11.9 Å². The predicted molar refractivity (Wildman–Crippen MR) is 167 cm³/mol. The Morgan fingerprint density at radius 2 is 1.59 bits per heavy atom. The Labute approximate surface area is 257 Å². The molecule has 0 saturated carbocycles. The molecule has 0 aliphatic rings. The minimum absolute atomic E-state index is 0.111. The number of carbonyl (C=O) groups is 2. The maximum Gasteiger partial charge on any atom is 0.244 e. The third-order valence-electron chi connectivity index (χ3n) is 6.77. The number of amides is 2. The summed E-state index contributed by atoms with van der Waals surface area (Å²) in [6.07, 6.45) is 1.90. The number of hydrogen-bond acceptors (Lipinski definition) is 4. The molecule has 0 aromatic heterocycles. The number of carbonyl (C=O) groups excluding carboxylic acids is 2. The summed E-state index contributed by atoms with van der Waals surface area (Å²) in [6, 6.07) is 17.9. The van der Waals surface area contributed by atoms with Gasteiger partial charge in [0.2, 0.25) is 21.8 Å². The van der Waals surface area contributed by atoms with Crippen molar-refractivity contribution in [3.05, 3.63) is 98.5 Å². The maximum atomic E-state index is 14.2. The Kier molecular flexibility index (Phi) is 11.5. The molecule has 1 N–H and O–H groups in total. The number of benzene rings is 3. The van der Waals surface area contributed by atoms with Crippen LogP contribution in [0.15, 0.2) is 66.7 Å². The molecule has 0 aliphatic carbocycles. The predicted octanol–water partition coefficient (Wildman–Crippen LogP) is 6.28. The molecule has 41 heavy (non-hydrogen) atoms. The van der Waals surface area contributed by atoms with Gasteiger partial charge in [-0.05, 0) is 61.7 Å². The lowest BCUT2D eigenvalue weighted by Crippen LogP contribution is -2.54. The molecule has 0 saturated heterocycles. The van der Waals surface area contributed by atoms with E-state index in [0.717, 1.165) is 16.1 Å². The van der Waals surface area contributed by atoms with Crippen molar-refractivity contribution in [2.24, 2.45) is 0 Å². The lowest BCUT2D eigenvalue weighted by Gasteiger charge is -2.34. The zero-order valence-corrected chi connectivity index (χ0v) is 26.5. The Hall–Kier alpha value is -2.78. The zero-order chi connectivity index (χ0) is 30.3. The molecule has 0 spiro atoms. The van der Waals surface area contributed by atoms with Crippen LogP contribution in [0.5, 0.6) is 0 Å². The average molecular weight is 639 g/mol. The van der Waals surface area contributed by atoms with E-state index in [1.54, 1.807) is 43.3 Å². The number of anilines is 1. The second-order valence-corrected chi connectivity index (χ2v) is 13.1. The topological polar surface area (TPSA) is 86.8 Å². The van der Waals surface area contributed by atoms with Gasteiger partial charge in [0, 0.05) is 39.6 Å². The molecule has 11 heteroatoms. The first-order valence-electron chi connectivity index (χ1n) is 13.1. The van der Waals surface area contributed by atoms with Crippen LogP contribution >= 0.6 is 34.8 Å². The third kappa shape index (κ3) is 8.85. The van der Waals surface area contributed by atoms with Gasteiger partial charge < -0.3 is 10.2 Å². The van der Waals surface area contributed by atoms with E-state index < -0.39 is 28.5 Å². The summed E-state index contributed by atoms with van der Waals surface area (Å²) in [5.41, 5.74) is 2.16. The maximum absolute atomic E-state index is 14.2. The quantitative estimate of drug-likeness (QED) is 0.253. The van der Waals surface area contributed by atoms with Crippen LogP contribution in [0.2, 0.25) is 15.1 Å². The highest BCUT2D eigenvalue weighted by atomic mass is 35.5. The average Bonchev–Trinajstić information content (AvgIpc) is 2.90. The fourth-order valence-corrected chi connectivity index (χ4v) is 5.99. The second kappa shape index (κ2) is 14.4. The van der Waals surface area contributed by atoms with Gasteiger partial charge in [-0.3, -0.25) is 13.9 Å². The number of nitrogens with one attached hydrogen (secondary N) is 1. The summed E-state index contributed by atoms with van der Waals surface area (Å²) in [6.45, 7) is 4.87. The van der Waals surface area contributed by atoms with Gasteiger partial charge in [0.25, 0.3) is 0 Å². The van der Waals surface area contributed by atoms with Crippen LogP contribution < -0.4 is 9.62 Å². The lowest BCUT2D eigenvalue weighted by atomic mass is 10.0. The van der Waals surface area contributed by atoms with Crippen molar-refractivity contribution in [1.82, 2.24) is 10.2 Å². The van der Waals surface area contributed by atoms with Crippen molar-refractivity contribution < 1.29 is 18.0 Å². The SMILES string of the molecule is CCC(C)NC(=O)C(Cc1ccccc1)N(Cc1c(Cl)cccc1Cl)C(=O)CN(c1ccc(Cl)cc1C)S(C)(=O)=O. The highest BCUT2D eigenvalue weighted by Crippen LogP contribution is 2.29. The fourth-order valence-electron chi connectivity index (χ4n) is 4.34. The monoisotopic (exact) mass is 637 g/mol. The number of halogens is 3. The highest BCUT2D eigenvalue weighted by molar-refractivity contribution is 7.92. The van der Waals surface area contributed by atoms with Crippen LogP contribution in [0.4, 0.5) is 5.69 Å². The van der Waals surface area contributed by atoms with Crippen LogP contribution in [0, 0.1) is 6.92 Å². The number of hydrogen-bond donors (Lipinski definition) is 1. The Morgan fingerprint density at radius 3 is 2.15 bits per heavy atom. The Balaban J connectivity index is 2.13. The highest BCUT2D eigenvalue weighted by Gasteiger charge is 2.34. The van der Waals surface area contributed by atoms with E-state index in [-0.39, 0.29) is 24.9 Å². The zero-order valence-electron chi connectivity index (χ0n) is 23.4. The van der Waals surface area contributed by atoms with Crippen LogP contribution in [-0.2, 0) is 32.6 Å². The first-order valence-corrected chi connectivity index (χ1v) is 16.1. The number of aryl methyl sites for hydroxylation is 1. The molecule has 3 aromatic carbocycles. The van der Waals surface area contributed by atoms with E-state index in [9.17, 15) is 18.0 Å². The van der Waals surface area contributed by atoms with E-state index in [0.29, 0.717) is 38.3 Å². The molecule has 3 rings (SSSR count). The molecule has 0 fully saturated rings. The first kappa shape index (κ1) is 32.7. The van der Waals surface area contributed by atoms with Gasteiger partial charge in [0.1, 0.15) is 12.6 Å². The molecule has 0 bridgehead atoms. The summed E-state index contributed by atoms with van der Waals surface area (Å²) in [4.78, 5) is 29.3. The molecular weight excluding hydrogens is 605 g/mol. The molecule has 2 amide bonds. The van der Waals surface area contributed by atoms with Crippen molar-refractivity contribution in [3.8, 4) is 0 Å². The minimum Gasteiger partial charge on any atom is -0.352 e. The van der Waals surface area contributed by atoms with E-state index in [2.05, 4.69) is 5.32 Å². The molecule has 0 heterocycles. The standard InChI is InChI=1S/C30H34Cl3N3O4S/c1-5-21(3)34-30(38)28(17-22-10-7-6-8-11-22)35(18-24-25(32)12-9-13-26(24)33)29(37)19-36(41(4,39)40)27-15-14-23(31)16-20(27)2/h6-16,21,28H,5,17-19H2,1-4H3,(H,34,38). The van der Waals surface area contributed by atoms with E-state index in [1.165, 1.54) is 4.90 Å². The summed E-state index contributed by atoms with van der Waals surface area (Å²) < 4.78 is 27.0. The normalized spacial score (nSPS) is 12.9. The van der Waals surface area contributed by atoms with Gasteiger partial charge in [-0.1, -0.05) is 78.1 Å². The van der Waals surface area contributed by atoms with Gasteiger partial charge in [-0.2, -0.15) is 0 Å². The fraction of sp³-hybridized carbons (Fsp3) is 0.333. The molecule has 2 unspecified atom stereocenters. The summed E-state index contributed by atoms with van der Waals surface area (Å²) in [5, 5.41) is 4.07. The van der Waals surface area contributed by atoms with E-state index >= 15 is 0 Å². The Bertz CT molecular complexity index is 1470. The van der Waals surface area contributed by atoms with E-state index in [4.69, 9.17) is 34.8 Å². The lowest BCUT2D eigenvalue weighted by molar-refractivity contribution is -0.140. The van der Waals surface area contributed by atoms with Crippen LogP contribution in [0.25, 0.3) is 0 Å². The Morgan fingerprint density at radius 1 is 0.951 bits per heavy atom. The van der Waals surface area contributed by atoms with Crippen LogP contribution in [0.3, 0.4) is 0 Å². The summed E-state index contributed by atoms with van der Waals surface area (Å²) in [5.74, 6) is -0.964. The molecule has 0 radical (unpaired) electrons. The van der Waals surface area contributed by atoms with E-state index in [1.807, 2.05) is 44.2 Å². The molecule has 2 atom stereocenters. The molecular formula is C30H34Cl3N3O4S. The number of sulfonamides is 1. The molecule has 0 aliphatic heterocycles. The van der Waals surface area contributed by atoms with Gasteiger partial charge in [-0.15, -0.1) is 0 Å².